The van der Waals surface area contributed by atoms with Crippen LogP contribution < -0.4 is 21.7 Å². The number of carbonyl (C=O) groups excluding carboxylic acids is 2. The van der Waals surface area contributed by atoms with Crippen LogP contribution in [-0.2, 0) is 14.6 Å². The summed E-state index contributed by atoms with van der Waals surface area (Å²) in [6.07, 6.45) is 1.85. The number of aliphatic imine (C=N–C) groups is 1. The van der Waals surface area contributed by atoms with Crippen LogP contribution in [0.1, 0.15) is 44.0 Å². The number of nitrogens with two attached hydrogens (primary N) is 2. The van der Waals surface area contributed by atoms with Gasteiger partial charge in [-0.05, 0) is 51.8 Å². The Morgan fingerprint density at radius 2 is 1.80 bits per heavy atom. The third kappa shape index (κ3) is 6.61. The van der Waals surface area contributed by atoms with Gasteiger partial charge in [0.1, 0.15) is 5.60 Å². The minimum Gasteiger partial charge on any atom is -0.444 e. The number of guanidine groups is 1. The maximum atomic E-state index is 12.5. The van der Waals surface area contributed by atoms with Gasteiger partial charge in [0.15, 0.2) is 15.8 Å². The monoisotopic (exact) mass is 439 g/mol. The topological polar surface area (TPSA) is 157 Å². The first kappa shape index (κ1) is 23.5. The van der Waals surface area contributed by atoms with Crippen LogP contribution in [0.2, 0.25) is 0 Å². The highest BCUT2D eigenvalue weighted by atomic mass is 32.2. The molecule has 0 bridgehead atoms. The van der Waals surface area contributed by atoms with E-state index in [0.717, 1.165) is 6.26 Å². The summed E-state index contributed by atoms with van der Waals surface area (Å²) in [5.41, 5.74) is 10.7. The van der Waals surface area contributed by atoms with Crippen molar-refractivity contribution in [2.24, 2.45) is 16.5 Å². The predicted molar refractivity (Wildman–Crippen MR) is 114 cm³/mol. The Hall–Kier alpha value is -2.82. The van der Waals surface area contributed by atoms with Gasteiger partial charge in [-0.2, -0.15) is 4.99 Å². The summed E-state index contributed by atoms with van der Waals surface area (Å²) in [4.78, 5) is 30.0. The zero-order valence-electron chi connectivity index (χ0n) is 17.6. The zero-order valence-corrected chi connectivity index (χ0v) is 18.5. The molecule has 1 aromatic carbocycles. The molecule has 30 heavy (non-hydrogen) atoms. The van der Waals surface area contributed by atoms with Crippen molar-refractivity contribution >= 4 is 33.5 Å². The largest absolute Gasteiger partial charge is 0.444 e. The molecule has 2 rings (SSSR count). The summed E-state index contributed by atoms with van der Waals surface area (Å²) in [5.74, 6) is -1.12. The molecular formula is C19H29N5O5S. The summed E-state index contributed by atoms with van der Waals surface area (Å²) in [6, 6.07) is 4.24. The number of carbonyl (C=O) groups is 2. The number of hydrogen-bond acceptors (Lipinski definition) is 6. The average molecular weight is 440 g/mol. The lowest BCUT2D eigenvalue weighted by atomic mass is 10.0. The molecule has 2 amide bonds. The Bertz CT molecular complexity index is 941. The smallest absolute Gasteiger partial charge is 0.407 e. The fourth-order valence-electron chi connectivity index (χ4n) is 3.11. The highest BCUT2D eigenvalue weighted by Crippen LogP contribution is 2.28. The van der Waals surface area contributed by atoms with Crippen LogP contribution in [0, 0.1) is 0 Å². The molecule has 1 fully saturated rings. The lowest BCUT2D eigenvalue weighted by Gasteiger charge is -2.35. The molecule has 10 nitrogen and oxygen atoms in total. The van der Waals surface area contributed by atoms with Gasteiger partial charge >= 0.3 is 6.09 Å². The van der Waals surface area contributed by atoms with Crippen molar-refractivity contribution in [3.63, 3.8) is 0 Å². The van der Waals surface area contributed by atoms with Gasteiger partial charge in [0.05, 0.1) is 10.5 Å². The lowest BCUT2D eigenvalue weighted by Crippen LogP contribution is -2.46. The van der Waals surface area contributed by atoms with Gasteiger partial charge in [-0.3, -0.25) is 4.79 Å². The van der Waals surface area contributed by atoms with Gasteiger partial charge < -0.3 is 26.4 Å². The van der Waals surface area contributed by atoms with E-state index < -0.39 is 33.4 Å². The van der Waals surface area contributed by atoms with Crippen LogP contribution in [-0.4, -0.2) is 57.4 Å². The fourth-order valence-corrected chi connectivity index (χ4v) is 3.76. The number of rotatable bonds is 4. The van der Waals surface area contributed by atoms with Crippen molar-refractivity contribution in [1.82, 2.24) is 5.32 Å². The molecule has 1 aromatic rings. The number of hydrogen-bond donors (Lipinski definition) is 3. The number of nitrogens with zero attached hydrogens (tertiary/aromatic N) is 2. The lowest BCUT2D eigenvalue weighted by molar-refractivity contribution is 0.0497. The Kier molecular flexibility index (Phi) is 6.96. The Balaban J connectivity index is 2.19. The van der Waals surface area contributed by atoms with Gasteiger partial charge in [-0.15, -0.1) is 0 Å². The van der Waals surface area contributed by atoms with Gasteiger partial charge in [0.25, 0.3) is 5.91 Å². The number of anilines is 1. The van der Waals surface area contributed by atoms with E-state index in [1.165, 1.54) is 12.1 Å². The number of benzene rings is 1. The number of sulfone groups is 1. The third-order valence-corrected chi connectivity index (χ3v) is 5.52. The van der Waals surface area contributed by atoms with Gasteiger partial charge in [-0.1, -0.05) is 0 Å². The SMILES string of the molecule is CC(C)(C)OC(=O)NC1CCN(c2ccc(S(C)(=O)=O)cc2C(=O)N=C(N)N)CC1. The van der Waals surface area contributed by atoms with E-state index in [1.807, 2.05) is 4.90 Å². The van der Waals surface area contributed by atoms with E-state index in [1.54, 1.807) is 26.8 Å². The molecule has 11 heteroatoms. The predicted octanol–water partition coefficient (Wildman–Crippen LogP) is 0.997. The van der Waals surface area contributed by atoms with Gasteiger partial charge in [-0.25, -0.2) is 13.2 Å². The van der Waals surface area contributed by atoms with Crippen LogP contribution in [0.25, 0.3) is 0 Å². The summed E-state index contributed by atoms with van der Waals surface area (Å²) in [6.45, 7) is 6.47. The van der Waals surface area contributed by atoms with Crippen molar-refractivity contribution in [3.05, 3.63) is 23.8 Å². The van der Waals surface area contributed by atoms with Crippen molar-refractivity contribution in [2.45, 2.75) is 50.2 Å². The van der Waals surface area contributed by atoms with Crippen molar-refractivity contribution in [3.8, 4) is 0 Å². The normalized spacial score (nSPS) is 15.4. The second-order valence-corrected chi connectivity index (χ2v) is 10.2. The van der Waals surface area contributed by atoms with E-state index in [9.17, 15) is 18.0 Å². The first-order chi connectivity index (χ1) is 13.8. The molecular weight excluding hydrogens is 410 g/mol. The Morgan fingerprint density at radius 3 is 2.30 bits per heavy atom. The van der Waals surface area contributed by atoms with E-state index in [4.69, 9.17) is 16.2 Å². The molecule has 0 aliphatic carbocycles. The van der Waals surface area contributed by atoms with Crippen molar-refractivity contribution in [2.75, 3.05) is 24.2 Å². The molecule has 0 aromatic heterocycles. The molecule has 1 aliphatic rings. The molecule has 0 atom stereocenters. The minimum absolute atomic E-state index is 0.00173. The first-order valence-electron chi connectivity index (χ1n) is 9.49. The molecule has 1 saturated heterocycles. The Morgan fingerprint density at radius 1 is 1.20 bits per heavy atom. The maximum Gasteiger partial charge on any atom is 0.407 e. The molecule has 166 valence electrons. The summed E-state index contributed by atoms with van der Waals surface area (Å²) >= 11 is 0. The quantitative estimate of drug-likeness (QED) is 0.463. The highest BCUT2D eigenvalue weighted by molar-refractivity contribution is 7.90. The van der Waals surface area contributed by atoms with E-state index in [2.05, 4.69) is 10.3 Å². The van der Waals surface area contributed by atoms with Gasteiger partial charge in [0.2, 0.25) is 0 Å². The first-order valence-corrected chi connectivity index (χ1v) is 11.4. The van der Waals surface area contributed by atoms with Crippen LogP contribution >= 0.6 is 0 Å². The van der Waals surface area contributed by atoms with Crippen LogP contribution in [0.4, 0.5) is 10.5 Å². The number of amides is 2. The second-order valence-electron chi connectivity index (χ2n) is 8.20. The Labute approximate surface area is 176 Å². The summed E-state index contributed by atoms with van der Waals surface area (Å²) in [7, 11) is -3.52. The van der Waals surface area contributed by atoms with E-state index in [-0.39, 0.29) is 16.5 Å². The molecule has 1 aliphatic heterocycles. The summed E-state index contributed by atoms with van der Waals surface area (Å²) in [5, 5.41) is 2.85. The van der Waals surface area contributed by atoms with Gasteiger partial charge in [0, 0.05) is 31.1 Å². The molecule has 5 N–H and O–H groups in total. The molecule has 0 unspecified atom stereocenters. The van der Waals surface area contributed by atoms with Crippen LogP contribution in [0.3, 0.4) is 0 Å². The van der Waals surface area contributed by atoms with Crippen molar-refractivity contribution < 1.29 is 22.7 Å². The standard InChI is InChI=1S/C19H29N5O5S/c1-19(2,3)29-18(26)22-12-7-9-24(10-8-12)15-6-5-13(30(4,27)28)11-14(15)16(25)23-17(20)21/h5-6,11-12H,7-10H2,1-4H3,(H,22,26)(H4,20,21,23,25). The zero-order chi connectivity index (χ0) is 22.7. The molecule has 1 heterocycles. The van der Waals surface area contributed by atoms with E-state index >= 15 is 0 Å². The average Bonchev–Trinajstić information content (AvgIpc) is 2.59. The molecule has 0 radical (unpaired) electrons. The molecule has 0 saturated carbocycles. The second kappa shape index (κ2) is 8.90. The molecule has 0 spiro atoms. The van der Waals surface area contributed by atoms with E-state index in [0.29, 0.717) is 31.6 Å². The summed E-state index contributed by atoms with van der Waals surface area (Å²) < 4.78 is 29.1. The highest BCUT2D eigenvalue weighted by Gasteiger charge is 2.26. The van der Waals surface area contributed by atoms with Crippen LogP contribution in [0.15, 0.2) is 28.1 Å². The number of alkyl carbamates (subject to hydrolysis) is 1. The number of ether oxygens (including phenoxy) is 1. The number of nitrogens with one attached hydrogen (secondary N) is 1. The van der Waals surface area contributed by atoms with Crippen molar-refractivity contribution in [1.29, 1.82) is 0 Å². The van der Waals surface area contributed by atoms with Crippen LogP contribution in [0.5, 0.6) is 0 Å². The maximum absolute atomic E-state index is 12.5. The number of piperidine rings is 1. The minimum atomic E-state index is -3.52. The fraction of sp³-hybridized carbons (Fsp3) is 0.526. The third-order valence-electron chi connectivity index (χ3n) is 4.41.